The van der Waals surface area contributed by atoms with E-state index in [0.29, 0.717) is 12.1 Å². The van der Waals surface area contributed by atoms with Crippen LogP contribution in [0.3, 0.4) is 0 Å². The molecule has 0 atom stereocenters. The van der Waals surface area contributed by atoms with Crippen molar-refractivity contribution < 1.29 is 4.79 Å². The van der Waals surface area contributed by atoms with E-state index in [1.165, 1.54) is 0 Å². The summed E-state index contributed by atoms with van der Waals surface area (Å²) in [6.45, 7) is 7.73. The molecule has 0 radical (unpaired) electrons. The van der Waals surface area contributed by atoms with E-state index < -0.39 is 0 Å². The number of rotatable bonds is 8. The molecular formula is C20H27N3O. The molecule has 4 heteroatoms. The number of benzene rings is 1. The van der Waals surface area contributed by atoms with E-state index in [0.717, 1.165) is 30.6 Å². The number of hydrogen-bond acceptors (Lipinski definition) is 3. The van der Waals surface area contributed by atoms with Crippen LogP contribution in [0, 0.1) is 0 Å². The maximum absolute atomic E-state index is 12.9. The number of unbranched alkanes of at least 4 members (excludes halogenated alkanes) is 1. The van der Waals surface area contributed by atoms with Gasteiger partial charge in [0.1, 0.15) is 0 Å². The lowest BCUT2D eigenvalue weighted by molar-refractivity contribution is 0.0690. The van der Waals surface area contributed by atoms with Gasteiger partial charge in [0.05, 0.1) is 11.3 Å². The fourth-order valence-corrected chi connectivity index (χ4v) is 2.50. The lowest BCUT2D eigenvalue weighted by Crippen LogP contribution is -2.36. The van der Waals surface area contributed by atoms with Crippen LogP contribution >= 0.6 is 0 Å². The minimum atomic E-state index is 0.0143. The van der Waals surface area contributed by atoms with Gasteiger partial charge in [-0.05, 0) is 31.9 Å². The highest BCUT2D eigenvalue weighted by molar-refractivity contribution is 5.94. The molecule has 2 aromatic rings. The zero-order valence-corrected chi connectivity index (χ0v) is 14.8. The molecule has 2 rings (SSSR count). The molecule has 0 spiro atoms. The topological polar surface area (TPSA) is 45.2 Å². The van der Waals surface area contributed by atoms with Gasteiger partial charge in [-0.3, -0.25) is 9.78 Å². The Bertz CT molecular complexity index is 640. The fourth-order valence-electron chi connectivity index (χ4n) is 2.50. The Labute approximate surface area is 144 Å². The quantitative estimate of drug-likeness (QED) is 0.734. The summed E-state index contributed by atoms with van der Waals surface area (Å²) in [5, 5.41) is 3.33. The van der Waals surface area contributed by atoms with Gasteiger partial charge in [0.2, 0.25) is 0 Å². The standard InChI is InChI=1S/C20H27N3O/c1-4-5-11-22-19-12-18(13-21-14-19)20(24)23(16(2)3)15-17-9-7-6-8-10-17/h6-10,12-14,16,22H,4-5,11,15H2,1-3H3. The highest BCUT2D eigenvalue weighted by atomic mass is 16.2. The van der Waals surface area contributed by atoms with Crippen LogP contribution in [0.25, 0.3) is 0 Å². The summed E-state index contributed by atoms with van der Waals surface area (Å²) in [7, 11) is 0. The molecule has 0 aliphatic carbocycles. The van der Waals surface area contributed by atoms with Crippen molar-refractivity contribution in [1.29, 1.82) is 0 Å². The van der Waals surface area contributed by atoms with Crippen LogP contribution in [-0.4, -0.2) is 28.4 Å². The van der Waals surface area contributed by atoms with E-state index in [4.69, 9.17) is 0 Å². The number of carbonyl (C=O) groups excluding carboxylic acids is 1. The summed E-state index contributed by atoms with van der Waals surface area (Å²) in [4.78, 5) is 19.0. The second-order valence-corrected chi connectivity index (χ2v) is 6.26. The molecule has 0 bridgehead atoms. The third kappa shape index (κ3) is 5.08. The normalized spacial score (nSPS) is 10.7. The minimum Gasteiger partial charge on any atom is -0.384 e. The smallest absolute Gasteiger partial charge is 0.256 e. The SMILES string of the molecule is CCCCNc1cncc(C(=O)N(Cc2ccccc2)C(C)C)c1. The molecule has 1 aromatic heterocycles. The van der Waals surface area contributed by atoms with Gasteiger partial charge in [-0.15, -0.1) is 0 Å². The molecule has 1 amide bonds. The molecule has 1 aromatic carbocycles. The second kappa shape index (κ2) is 9.06. The Morgan fingerprint density at radius 2 is 1.96 bits per heavy atom. The van der Waals surface area contributed by atoms with Crippen molar-refractivity contribution in [2.75, 3.05) is 11.9 Å². The Morgan fingerprint density at radius 1 is 1.21 bits per heavy atom. The molecule has 1 heterocycles. The van der Waals surface area contributed by atoms with Crippen molar-refractivity contribution >= 4 is 11.6 Å². The largest absolute Gasteiger partial charge is 0.384 e. The van der Waals surface area contributed by atoms with Crippen LogP contribution in [-0.2, 0) is 6.54 Å². The van der Waals surface area contributed by atoms with E-state index in [-0.39, 0.29) is 11.9 Å². The molecule has 4 nitrogen and oxygen atoms in total. The number of amides is 1. The van der Waals surface area contributed by atoms with Crippen molar-refractivity contribution in [3.05, 3.63) is 59.9 Å². The van der Waals surface area contributed by atoms with E-state index in [1.807, 2.05) is 55.1 Å². The van der Waals surface area contributed by atoms with Crippen molar-refractivity contribution in [3.63, 3.8) is 0 Å². The van der Waals surface area contributed by atoms with E-state index >= 15 is 0 Å². The molecule has 0 aliphatic heterocycles. The Hall–Kier alpha value is -2.36. The summed E-state index contributed by atoms with van der Waals surface area (Å²) in [5.41, 5.74) is 2.66. The van der Waals surface area contributed by atoms with Crippen LogP contribution in [0.5, 0.6) is 0 Å². The van der Waals surface area contributed by atoms with Gasteiger partial charge in [-0.2, -0.15) is 0 Å². The van der Waals surface area contributed by atoms with Gasteiger partial charge in [0, 0.05) is 31.5 Å². The summed E-state index contributed by atoms with van der Waals surface area (Å²) < 4.78 is 0. The van der Waals surface area contributed by atoms with Crippen molar-refractivity contribution in [1.82, 2.24) is 9.88 Å². The van der Waals surface area contributed by atoms with Crippen molar-refractivity contribution in [3.8, 4) is 0 Å². The van der Waals surface area contributed by atoms with Crippen molar-refractivity contribution in [2.45, 2.75) is 46.2 Å². The third-order valence-electron chi connectivity index (χ3n) is 3.92. The lowest BCUT2D eigenvalue weighted by atomic mass is 10.1. The van der Waals surface area contributed by atoms with Crippen LogP contribution < -0.4 is 5.32 Å². The van der Waals surface area contributed by atoms with Gasteiger partial charge in [0.25, 0.3) is 5.91 Å². The number of anilines is 1. The van der Waals surface area contributed by atoms with Gasteiger partial charge < -0.3 is 10.2 Å². The van der Waals surface area contributed by atoms with Gasteiger partial charge in [-0.25, -0.2) is 0 Å². The van der Waals surface area contributed by atoms with Gasteiger partial charge in [0.15, 0.2) is 0 Å². The van der Waals surface area contributed by atoms with Crippen LogP contribution in [0.2, 0.25) is 0 Å². The van der Waals surface area contributed by atoms with Crippen LogP contribution in [0.4, 0.5) is 5.69 Å². The molecule has 24 heavy (non-hydrogen) atoms. The molecule has 1 N–H and O–H groups in total. The van der Waals surface area contributed by atoms with E-state index in [9.17, 15) is 4.79 Å². The first-order valence-electron chi connectivity index (χ1n) is 8.65. The summed E-state index contributed by atoms with van der Waals surface area (Å²) in [6, 6.07) is 12.1. The number of nitrogens with zero attached hydrogens (tertiary/aromatic N) is 2. The first-order valence-corrected chi connectivity index (χ1v) is 8.65. The number of hydrogen-bond donors (Lipinski definition) is 1. The lowest BCUT2D eigenvalue weighted by Gasteiger charge is -2.27. The average molecular weight is 325 g/mol. The Kier molecular flexibility index (Phi) is 6.79. The van der Waals surface area contributed by atoms with Crippen molar-refractivity contribution in [2.24, 2.45) is 0 Å². The average Bonchev–Trinajstić information content (AvgIpc) is 2.60. The Balaban J connectivity index is 2.13. The first kappa shape index (κ1) is 18.0. The minimum absolute atomic E-state index is 0.0143. The second-order valence-electron chi connectivity index (χ2n) is 6.26. The van der Waals surface area contributed by atoms with Crippen LogP contribution in [0.15, 0.2) is 48.8 Å². The summed E-state index contributed by atoms with van der Waals surface area (Å²) >= 11 is 0. The number of carbonyl (C=O) groups is 1. The number of nitrogens with one attached hydrogen (secondary N) is 1. The number of pyridine rings is 1. The Morgan fingerprint density at radius 3 is 2.62 bits per heavy atom. The zero-order valence-electron chi connectivity index (χ0n) is 14.8. The predicted molar refractivity (Wildman–Crippen MR) is 99.1 cm³/mol. The molecule has 0 saturated heterocycles. The summed E-state index contributed by atoms with van der Waals surface area (Å²) in [5.74, 6) is 0.0143. The van der Waals surface area contributed by atoms with Crippen LogP contribution in [0.1, 0.15) is 49.5 Å². The maximum atomic E-state index is 12.9. The van der Waals surface area contributed by atoms with E-state index in [2.05, 4.69) is 17.2 Å². The molecule has 0 saturated carbocycles. The summed E-state index contributed by atoms with van der Waals surface area (Å²) in [6.07, 6.45) is 5.65. The molecule has 0 fully saturated rings. The fraction of sp³-hybridized carbons (Fsp3) is 0.400. The third-order valence-corrected chi connectivity index (χ3v) is 3.92. The zero-order chi connectivity index (χ0) is 17.4. The van der Waals surface area contributed by atoms with Gasteiger partial charge in [-0.1, -0.05) is 43.7 Å². The number of aromatic nitrogens is 1. The molecule has 0 unspecified atom stereocenters. The highest BCUT2D eigenvalue weighted by Crippen LogP contribution is 2.15. The van der Waals surface area contributed by atoms with E-state index in [1.54, 1.807) is 12.4 Å². The first-order chi connectivity index (χ1) is 11.6. The molecule has 128 valence electrons. The van der Waals surface area contributed by atoms with Gasteiger partial charge >= 0.3 is 0 Å². The maximum Gasteiger partial charge on any atom is 0.256 e. The highest BCUT2D eigenvalue weighted by Gasteiger charge is 2.19. The monoisotopic (exact) mass is 325 g/mol. The molecular weight excluding hydrogens is 298 g/mol. The molecule has 0 aliphatic rings. The predicted octanol–water partition coefficient (Wildman–Crippen LogP) is 4.34.